The van der Waals surface area contributed by atoms with E-state index in [2.05, 4.69) is 14.9 Å². The second-order valence-electron chi connectivity index (χ2n) is 6.64. The molecule has 0 aliphatic carbocycles. The zero-order valence-electron chi connectivity index (χ0n) is 14.7. The van der Waals surface area contributed by atoms with E-state index in [9.17, 15) is 9.90 Å². The Morgan fingerprint density at radius 2 is 2.27 bits per heavy atom. The summed E-state index contributed by atoms with van der Waals surface area (Å²) in [6, 6.07) is 4.05. The fourth-order valence-electron chi connectivity index (χ4n) is 3.55. The van der Waals surface area contributed by atoms with Gasteiger partial charge in [-0.2, -0.15) is 0 Å². The lowest BCUT2D eigenvalue weighted by Crippen LogP contribution is -2.31. The molecule has 0 bridgehead atoms. The number of hydrogen-bond donors (Lipinski definition) is 2. The third-order valence-electron chi connectivity index (χ3n) is 4.89. The molecule has 134 valence electrons. The van der Waals surface area contributed by atoms with Crippen molar-refractivity contribution in [3.63, 3.8) is 0 Å². The quantitative estimate of drug-likeness (QED) is 0.737. The monoisotopic (exact) mass is 368 g/mol. The van der Waals surface area contributed by atoms with Crippen LogP contribution >= 0.6 is 11.3 Å². The fraction of sp³-hybridized carbons (Fsp3) is 0.316. The molecule has 0 spiro atoms. The highest BCUT2D eigenvalue weighted by atomic mass is 32.1. The number of aromatic nitrogens is 3. The number of carboxylic acids is 1. The van der Waals surface area contributed by atoms with Gasteiger partial charge in [0.1, 0.15) is 0 Å². The van der Waals surface area contributed by atoms with Crippen molar-refractivity contribution in [2.45, 2.75) is 33.4 Å². The maximum absolute atomic E-state index is 11.4. The van der Waals surface area contributed by atoms with Crippen molar-refractivity contribution in [3.8, 4) is 10.7 Å². The Balaban J connectivity index is 1.53. The molecule has 3 aromatic heterocycles. The molecule has 0 fully saturated rings. The lowest BCUT2D eigenvalue weighted by atomic mass is 10.1. The summed E-state index contributed by atoms with van der Waals surface area (Å²) in [5.74, 6) is -0.0740. The lowest BCUT2D eigenvalue weighted by Gasteiger charge is -2.27. The van der Waals surface area contributed by atoms with Gasteiger partial charge in [-0.3, -0.25) is 4.90 Å². The highest BCUT2D eigenvalue weighted by Gasteiger charge is 2.22. The van der Waals surface area contributed by atoms with Crippen LogP contribution in [0, 0.1) is 13.8 Å². The van der Waals surface area contributed by atoms with Crippen LogP contribution in [-0.2, 0) is 19.5 Å². The Hall–Kier alpha value is -2.51. The van der Waals surface area contributed by atoms with Crippen LogP contribution in [0.5, 0.6) is 0 Å². The van der Waals surface area contributed by atoms with Gasteiger partial charge >= 0.3 is 5.97 Å². The smallest absolute Gasteiger partial charge is 0.337 e. The van der Waals surface area contributed by atoms with Gasteiger partial charge in [0.25, 0.3) is 0 Å². The average molecular weight is 368 g/mol. The summed E-state index contributed by atoms with van der Waals surface area (Å²) < 4.78 is 0. The molecule has 26 heavy (non-hydrogen) atoms. The van der Waals surface area contributed by atoms with Crippen LogP contribution in [-0.4, -0.2) is 37.5 Å². The summed E-state index contributed by atoms with van der Waals surface area (Å²) in [5.41, 5.74) is 5.17. The topological polar surface area (TPSA) is 82.1 Å². The predicted molar refractivity (Wildman–Crippen MR) is 100 cm³/mol. The number of aromatic carboxylic acids is 1. The molecule has 3 aromatic rings. The molecule has 0 saturated heterocycles. The average Bonchev–Trinajstić information content (AvgIpc) is 3.23. The highest BCUT2D eigenvalue weighted by molar-refractivity contribution is 7.13. The van der Waals surface area contributed by atoms with Crippen LogP contribution < -0.4 is 0 Å². The first-order valence-corrected chi connectivity index (χ1v) is 9.43. The van der Waals surface area contributed by atoms with E-state index in [0.29, 0.717) is 17.8 Å². The molecule has 0 unspecified atom stereocenters. The van der Waals surface area contributed by atoms with Crippen LogP contribution in [0.25, 0.3) is 10.7 Å². The summed E-state index contributed by atoms with van der Waals surface area (Å²) in [6.07, 6.45) is 2.81. The molecule has 0 radical (unpaired) electrons. The molecule has 1 aliphatic heterocycles. The number of aryl methyl sites for hydroxylation is 1. The molecule has 0 aromatic carbocycles. The van der Waals surface area contributed by atoms with Crippen molar-refractivity contribution in [2.24, 2.45) is 0 Å². The standard InChI is InChI=1S/C19H20N4O2S/c1-11-15(21-12(2)17(11)19(24)25)10-23-6-5-14-13(9-23)8-20-18(22-14)16-4-3-7-26-16/h3-4,7-8,21H,5-6,9-10H2,1-2H3,(H,24,25). The van der Waals surface area contributed by atoms with Gasteiger partial charge in [-0.15, -0.1) is 11.3 Å². The number of rotatable bonds is 4. The van der Waals surface area contributed by atoms with Crippen LogP contribution in [0.2, 0.25) is 0 Å². The van der Waals surface area contributed by atoms with Crippen molar-refractivity contribution < 1.29 is 9.90 Å². The highest BCUT2D eigenvalue weighted by Crippen LogP contribution is 2.26. The molecule has 7 heteroatoms. The van der Waals surface area contributed by atoms with E-state index >= 15 is 0 Å². The zero-order valence-corrected chi connectivity index (χ0v) is 15.6. The van der Waals surface area contributed by atoms with E-state index in [-0.39, 0.29) is 0 Å². The van der Waals surface area contributed by atoms with Gasteiger partial charge in [-0.05, 0) is 30.9 Å². The van der Waals surface area contributed by atoms with Crippen molar-refractivity contribution in [1.82, 2.24) is 19.9 Å². The molecular formula is C19H20N4O2S. The number of carbonyl (C=O) groups is 1. The van der Waals surface area contributed by atoms with Crippen LogP contribution in [0.3, 0.4) is 0 Å². The van der Waals surface area contributed by atoms with E-state index in [0.717, 1.165) is 52.7 Å². The van der Waals surface area contributed by atoms with E-state index < -0.39 is 5.97 Å². The normalized spacial score (nSPS) is 14.4. The molecule has 2 N–H and O–H groups in total. The van der Waals surface area contributed by atoms with Gasteiger partial charge in [0, 0.05) is 49.2 Å². The number of fused-ring (bicyclic) bond motifs is 1. The summed E-state index contributed by atoms with van der Waals surface area (Å²) >= 11 is 1.65. The molecule has 4 rings (SSSR count). The first-order valence-electron chi connectivity index (χ1n) is 8.55. The molecule has 0 saturated carbocycles. The molecule has 4 heterocycles. The zero-order chi connectivity index (χ0) is 18.3. The van der Waals surface area contributed by atoms with E-state index in [1.54, 1.807) is 11.3 Å². The minimum Gasteiger partial charge on any atom is -0.478 e. The first-order chi connectivity index (χ1) is 12.5. The molecule has 0 atom stereocenters. The third-order valence-corrected chi connectivity index (χ3v) is 5.76. The second-order valence-corrected chi connectivity index (χ2v) is 7.58. The Labute approximate surface area is 155 Å². The number of carboxylic acid groups (broad SMARTS) is 1. The number of H-pyrrole nitrogens is 1. The lowest BCUT2D eigenvalue weighted by molar-refractivity contribution is 0.0695. The van der Waals surface area contributed by atoms with E-state index in [1.165, 1.54) is 0 Å². The minimum atomic E-state index is -0.874. The predicted octanol–water partition coefficient (Wildman–Crippen LogP) is 3.41. The largest absolute Gasteiger partial charge is 0.478 e. The maximum atomic E-state index is 11.4. The molecule has 0 amide bonds. The first kappa shape index (κ1) is 16.9. The van der Waals surface area contributed by atoms with E-state index in [4.69, 9.17) is 4.98 Å². The number of nitrogens with zero attached hydrogens (tertiary/aromatic N) is 3. The molecular weight excluding hydrogens is 348 g/mol. The third kappa shape index (κ3) is 3.04. The summed E-state index contributed by atoms with van der Waals surface area (Å²) in [7, 11) is 0. The van der Waals surface area contributed by atoms with Gasteiger partial charge in [-0.25, -0.2) is 14.8 Å². The van der Waals surface area contributed by atoms with Crippen LogP contribution in [0.4, 0.5) is 0 Å². The van der Waals surface area contributed by atoms with Gasteiger partial charge in [0.15, 0.2) is 5.82 Å². The van der Waals surface area contributed by atoms with Crippen LogP contribution in [0.1, 0.15) is 38.6 Å². The fourth-order valence-corrected chi connectivity index (χ4v) is 4.22. The van der Waals surface area contributed by atoms with Gasteiger partial charge < -0.3 is 10.1 Å². The Morgan fingerprint density at radius 1 is 1.42 bits per heavy atom. The Morgan fingerprint density at radius 3 is 2.96 bits per heavy atom. The van der Waals surface area contributed by atoms with Crippen molar-refractivity contribution >= 4 is 17.3 Å². The Kier molecular flexibility index (Phi) is 4.34. The second kappa shape index (κ2) is 6.66. The SMILES string of the molecule is Cc1[nH]c(CN2CCc3nc(-c4cccs4)ncc3C2)c(C)c1C(=O)O. The Bertz CT molecular complexity index is 962. The van der Waals surface area contributed by atoms with Crippen LogP contribution in [0.15, 0.2) is 23.7 Å². The molecule has 6 nitrogen and oxygen atoms in total. The minimum absolute atomic E-state index is 0.390. The van der Waals surface area contributed by atoms with Gasteiger partial charge in [0.2, 0.25) is 0 Å². The van der Waals surface area contributed by atoms with Crippen molar-refractivity contribution in [3.05, 3.63) is 57.5 Å². The number of aromatic amines is 1. The summed E-state index contributed by atoms with van der Waals surface area (Å²) in [5, 5.41) is 11.4. The number of thiophene rings is 1. The van der Waals surface area contributed by atoms with E-state index in [1.807, 2.05) is 37.6 Å². The van der Waals surface area contributed by atoms with Crippen molar-refractivity contribution in [1.29, 1.82) is 0 Å². The summed E-state index contributed by atoms with van der Waals surface area (Å²) in [6.45, 7) is 6.06. The molecule has 1 aliphatic rings. The number of hydrogen-bond acceptors (Lipinski definition) is 5. The van der Waals surface area contributed by atoms with Gasteiger partial charge in [0.05, 0.1) is 16.1 Å². The van der Waals surface area contributed by atoms with Crippen molar-refractivity contribution in [2.75, 3.05) is 6.54 Å². The number of nitrogens with one attached hydrogen (secondary N) is 1. The summed E-state index contributed by atoms with van der Waals surface area (Å²) in [4.78, 5) is 27.3. The van der Waals surface area contributed by atoms with Gasteiger partial charge in [-0.1, -0.05) is 6.07 Å². The maximum Gasteiger partial charge on any atom is 0.337 e.